The highest BCUT2D eigenvalue weighted by Gasteiger charge is 2.07. The molecule has 25 heavy (non-hydrogen) atoms. The van der Waals surface area contributed by atoms with E-state index in [1.54, 1.807) is 30.6 Å². The molecule has 1 aromatic carbocycles. The predicted octanol–water partition coefficient (Wildman–Crippen LogP) is 4.58. The Bertz CT molecular complexity index is 876. The van der Waals surface area contributed by atoms with Gasteiger partial charge in [0, 0.05) is 23.6 Å². The molecule has 0 fully saturated rings. The minimum absolute atomic E-state index is 0.165. The van der Waals surface area contributed by atoms with Crippen LogP contribution >= 0.6 is 35.0 Å². The topological polar surface area (TPSA) is 67.8 Å². The highest BCUT2D eigenvalue weighted by atomic mass is 35.5. The third kappa shape index (κ3) is 4.92. The zero-order valence-electron chi connectivity index (χ0n) is 12.8. The van der Waals surface area contributed by atoms with E-state index in [1.165, 1.54) is 11.8 Å². The van der Waals surface area contributed by atoms with Crippen LogP contribution in [0.2, 0.25) is 10.0 Å². The van der Waals surface area contributed by atoms with Crippen molar-refractivity contribution in [3.63, 3.8) is 0 Å². The zero-order chi connectivity index (χ0) is 17.6. The van der Waals surface area contributed by atoms with Crippen LogP contribution in [0.25, 0.3) is 11.3 Å². The minimum atomic E-state index is -0.165. The predicted molar refractivity (Wildman–Crippen MR) is 101 cm³/mol. The van der Waals surface area contributed by atoms with Gasteiger partial charge >= 0.3 is 0 Å². The van der Waals surface area contributed by atoms with E-state index in [4.69, 9.17) is 23.2 Å². The number of benzene rings is 1. The van der Waals surface area contributed by atoms with Gasteiger partial charge in [0.1, 0.15) is 5.03 Å². The van der Waals surface area contributed by atoms with Crippen molar-refractivity contribution in [1.29, 1.82) is 0 Å². The van der Waals surface area contributed by atoms with Crippen molar-refractivity contribution in [1.82, 2.24) is 15.2 Å². The van der Waals surface area contributed by atoms with Gasteiger partial charge in [-0.2, -0.15) is 0 Å². The molecule has 0 aliphatic rings. The van der Waals surface area contributed by atoms with Gasteiger partial charge < -0.3 is 5.32 Å². The Morgan fingerprint density at radius 2 is 1.96 bits per heavy atom. The molecule has 0 saturated carbocycles. The quantitative estimate of drug-likeness (QED) is 0.645. The number of aromatic nitrogens is 3. The van der Waals surface area contributed by atoms with Crippen molar-refractivity contribution in [3.8, 4) is 11.3 Å². The Hall–Kier alpha value is -2.15. The molecular formula is C17H12Cl2N4OS. The smallest absolute Gasteiger partial charge is 0.234 e. The fourth-order valence-electron chi connectivity index (χ4n) is 1.98. The molecule has 3 rings (SSSR count). The van der Waals surface area contributed by atoms with Gasteiger partial charge in [-0.3, -0.25) is 9.78 Å². The minimum Gasteiger partial charge on any atom is -0.325 e. The largest absolute Gasteiger partial charge is 0.325 e. The Labute approximate surface area is 158 Å². The highest BCUT2D eigenvalue weighted by Crippen LogP contribution is 2.25. The van der Waals surface area contributed by atoms with Gasteiger partial charge in [0.15, 0.2) is 0 Å². The second-order valence-corrected chi connectivity index (χ2v) is 6.77. The molecule has 1 N–H and O–H groups in total. The van der Waals surface area contributed by atoms with Crippen molar-refractivity contribution in [3.05, 3.63) is 64.9 Å². The number of carbonyl (C=O) groups is 1. The summed E-state index contributed by atoms with van der Waals surface area (Å²) in [5, 5.41) is 12.5. The van der Waals surface area contributed by atoms with Crippen molar-refractivity contribution < 1.29 is 4.79 Å². The number of nitrogens with zero attached hydrogens (tertiary/aromatic N) is 3. The average molecular weight is 391 g/mol. The molecule has 2 aromatic heterocycles. The van der Waals surface area contributed by atoms with Gasteiger partial charge in [0.2, 0.25) is 5.91 Å². The number of hydrogen-bond acceptors (Lipinski definition) is 5. The van der Waals surface area contributed by atoms with Crippen molar-refractivity contribution in [2.75, 3.05) is 11.1 Å². The summed E-state index contributed by atoms with van der Waals surface area (Å²) in [6.07, 6.45) is 3.43. The molecule has 1 amide bonds. The van der Waals surface area contributed by atoms with E-state index in [1.807, 2.05) is 24.3 Å². The molecule has 0 radical (unpaired) electrons. The standard InChI is InChI=1S/C17H12Cl2N4OS/c18-13-4-3-12(8-14(13)19)21-16(24)10-25-17-6-5-15(22-23-17)11-2-1-7-20-9-11/h1-9H,10H2,(H,21,24). The van der Waals surface area contributed by atoms with Gasteiger partial charge in [0.25, 0.3) is 0 Å². The van der Waals surface area contributed by atoms with Gasteiger partial charge in [-0.25, -0.2) is 0 Å². The summed E-state index contributed by atoms with van der Waals surface area (Å²) in [7, 11) is 0. The first-order chi connectivity index (χ1) is 12.1. The Morgan fingerprint density at radius 3 is 2.64 bits per heavy atom. The van der Waals surface area contributed by atoms with E-state index in [0.717, 1.165) is 11.3 Å². The van der Waals surface area contributed by atoms with Crippen LogP contribution in [0.4, 0.5) is 5.69 Å². The van der Waals surface area contributed by atoms with Crippen LogP contribution in [0.3, 0.4) is 0 Å². The average Bonchev–Trinajstić information content (AvgIpc) is 2.64. The number of pyridine rings is 1. The van der Waals surface area contributed by atoms with Crippen LogP contribution < -0.4 is 5.32 Å². The van der Waals surface area contributed by atoms with Crippen molar-refractivity contribution >= 4 is 46.6 Å². The van der Waals surface area contributed by atoms with Crippen LogP contribution in [-0.4, -0.2) is 26.8 Å². The summed E-state index contributed by atoms with van der Waals surface area (Å²) < 4.78 is 0. The number of halogens is 2. The first-order valence-electron chi connectivity index (χ1n) is 7.23. The van der Waals surface area contributed by atoms with E-state index in [2.05, 4.69) is 20.5 Å². The van der Waals surface area contributed by atoms with Crippen LogP contribution in [0.5, 0.6) is 0 Å². The molecule has 2 heterocycles. The van der Waals surface area contributed by atoms with Crippen molar-refractivity contribution in [2.45, 2.75) is 5.03 Å². The van der Waals surface area contributed by atoms with Crippen LogP contribution in [0.15, 0.2) is 59.9 Å². The van der Waals surface area contributed by atoms with Gasteiger partial charge in [0.05, 0.1) is 21.5 Å². The van der Waals surface area contributed by atoms with Crippen LogP contribution in [0.1, 0.15) is 0 Å². The number of nitrogens with one attached hydrogen (secondary N) is 1. The monoisotopic (exact) mass is 390 g/mol. The molecule has 0 aliphatic carbocycles. The Balaban J connectivity index is 1.56. The molecule has 0 bridgehead atoms. The zero-order valence-corrected chi connectivity index (χ0v) is 15.1. The maximum Gasteiger partial charge on any atom is 0.234 e. The lowest BCUT2D eigenvalue weighted by atomic mass is 10.2. The summed E-state index contributed by atoms with van der Waals surface area (Å²) in [5.41, 5.74) is 2.22. The number of amides is 1. The lowest BCUT2D eigenvalue weighted by Gasteiger charge is -2.06. The fourth-order valence-corrected chi connectivity index (χ4v) is 2.89. The molecular weight excluding hydrogens is 379 g/mol. The highest BCUT2D eigenvalue weighted by molar-refractivity contribution is 7.99. The first kappa shape index (κ1) is 17.7. The summed E-state index contributed by atoms with van der Waals surface area (Å²) in [6.45, 7) is 0. The van der Waals surface area contributed by atoms with E-state index < -0.39 is 0 Å². The van der Waals surface area contributed by atoms with E-state index in [9.17, 15) is 4.79 Å². The van der Waals surface area contributed by atoms with E-state index in [-0.39, 0.29) is 11.7 Å². The number of thioether (sulfide) groups is 1. The molecule has 0 spiro atoms. The molecule has 3 aromatic rings. The van der Waals surface area contributed by atoms with Gasteiger partial charge in [-0.05, 0) is 42.5 Å². The summed E-state index contributed by atoms with van der Waals surface area (Å²) in [5.74, 6) is 0.0442. The Morgan fingerprint density at radius 1 is 1.08 bits per heavy atom. The fraction of sp³-hybridized carbons (Fsp3) is 0.0588. The lowest BCUT2D eigenvalue weighted by Crippen LogP contribution is -2.14. The van der Waals surface area contributed by atoms with Gasteiger partial charge in [-0.1, -0.05) is 35.0 Å². The molecule has 8 heteroatoms. The summed E-state index contributed by atoms with van der Waals surface area (Å²) >= 11 is 13.1. The Kier molecular flexibility index (Phi) is 5.86. The number of hydrogen-bond donors (Lipinski definition) is 1. The summed E-state index contributed by atoms with van der Waals surface area (Å²) in [6, 6.07) is 12.4. The number of anilines is 1. The van der Waals surface area contributed by atoms with E-state index in [0.29, 0.717) is 20.8 Å². The molecule has 0 saturated heterocycles. The first-order valence-corrected chi connectivity index (χ1v) is 8.98. The normalized spacial score (nSPS) is 10.5. The van der Waals surface area contributed by atoms with Crippen molar-refractivity contribution in [2.24, 2.45) is 0 Å². The third-order valence-corrected chi connectivity index (χ3v) is 4.81. The second kappa shape index (κ2) is 8.29. The maximum atomic E-state index is 12.0. The second-order valence-electron chi connectivity index (χ2n) is 4.96. The van der Waals surface area contributed by atoms with Crippen LogP contribution in [0, 0.1) is 0 Å². The lowest BCUT2D eigenvalue weighted by molar-refractivity contribution is -0.113. The third-order valence-electron chi connectivity index (χ3n) is 3.15. The van der Waals surface area contributed by atoms with E-state index >= 15 is 0 Å². The SMILES string of the molecule is O=C(CSc1ccc(-c2cccnc2)nn1)Nc1ccc(Cl)c(Cl)c1. The van der Waals surface area contributed by atoms with Crippen LogP contribution in [-0.2, 0) is 4.79 Å². The summed E-state index contributed by atoms with van der Waals surface area (Å²) in [4.78, 5) is 16.1. The maximum absolute atomic E-state index is 12.0. The molecule has 0 atom stereocenters. The molecule has 0 unspecified atom stereocenters. The number of rotatable bonds is 5. The molecule has 0 aliphatic heterocycles. The molecule has 126 valence electrons. The molecule has 5 nitrogen and oxygen atoms in total. The van der Waals surface area contributed by atoms with Gasteiger partial charge in [-0.15, -0.1) is 10.2 Å². The number of carbonyl (C=O) groups excluding carboxylic acids is 1.